The van der Waals surface area contributed by atoms with E-state index in [1.165, 1.54) is 5.56 Å². The van der Waals surface area contributed by atoms with Crippen LogP contribution in [0.2, 0.25) is 0 Å². The molecule has 0 atom stereocenters. The number of piperidine rings is 1. The van der Waals surface area contributed by atoms with Crippen LogP contribution < -0.4 is 4.74 Å². The highest BCUT2D eigenvalue weighted by molar-refractivity contribution is 5.95. The van der Waals surface area contributed by atoms with Gasteiger partial charge in [0.1, 0.15) is 11.5 Å². The number of hydrogen-bond donors (Lipinski definition) is 1. The van der Waals surface area contributed by atoms with Crippen LogP contribution in [0.4, 0.5) is 0 Å². The van der Waals surface area contributed by atoms with E-state index in [4.69, 9.17) is 4.74 Å². The summed E-state index contributed by atoms with van der Waals surface area (Å²) >= 11 is 0. The molecule has 27 heavy (non-hydrogen) atoms. The minimum atomic E-state index is -0.0205. The van der Waals surface area contributed by atoms with Crippen LogP contribution >= 0.6 is 0 Å². The standard InChI is InChI=1S/C22H25NO4/c1-2-21(25)18-5-9-20(10-6-18)27-15-22(26)23-13-11-17(12-14-23)16-3-7-19(24)8-4-16/h3-10,17,24H,2,11-15H2,1H3. The molecule has 1 heterocycles. The summed E-state index contributed by atoms with van der Waals surface area (Å²) < 4.78 is 5.58. The molecule has 2 aromatic rings. The Hall–Kier alpha value is -2.82. The number of phenolic OH excluding ortho intramolecular Hbond substituents is 1. The lowest BCUT2D eigenvalue weighted by molar-refractivity contribution is -0.134. The summed E-state index contributed by atoms with van der Waals surface area (Å²) in [5.74, 6) is 1.35. The number of carbonyl (C=O) groups excluding carboxylic acids is 2. The molecule has 5 heteroatoms. The minimum Gasteiger partial charge on any atom is -0.508 e. The van der Waals surface area contributed by atoms with Crippen molar-refractivity contribution < 1.29 is 19.4 Å². The van der Waals surface area contributed by atoms with Gasteiger partial charge in [0.2, 0.25) is 0 Å². The minimum absolute atomic E-state index is 0.00491. The lowest BCUT2D eigenvalue weighted by Crippen LogP contribution is -2.40. The highest BCUT2D eigenvalue weighted by atomic mass is 16.5. The van der Waals surface area contributed by atoms with Crippen LogP contribution in [0.1, 0.15) is 48.0 Å². The van der Waals surface area contributed by atoms with Crippen molar-refractivity contribution in [2.24, 2.45) is 0 Å². The van der Waals surface area contributed by atoms with Crippen LogP contribution in [0.5, 0.6) is 11.5 Å². The van der Waals surface area contributed by atoms with Crippen molar-refractivity contribution in [3.05, 3.63) is 59.7 Å². The van der Waals surface area contributed by atoms with E-state index in [1.54, 1.807) is 36.4 Å². The van der Waals surface area contributed by atoms with E-state index >= 15 is 0 Å². The van der Waals surface area contributed by atoms with Crippen molar-refractivity contribution >= 4 is 11.7 Å². The quantitative estimate of drug-likeness (QED) is 0.789. The van der Waals surface area contributed by atoms with Crippen molar-refractivity contribution in [3.8, 4) is 11.5 Å². The van der Waals surface area contributed by atoms with E-state index in [1.807, 2.05) is 24.0 Å². The molecule has 0 spiro atoms. The fourth-order valence-corrected chi connectivity index (χ4v) is 3.39. The van der Waals surface area contributed by atoms with Gasteiger partial charge in [0.15, 0.2) is 12.4 Å². The van der Waals surface area contributed by atoms with Gasteiger partial charge in [0.05, 0.1) is 0 Å². The smallest absolute Gasteiger partial charge is 0.260 e. The molecule has 0 bridgehead atoms. The van der Waals surface area contributed by atoms with Crippen LogP contribution in [0.3, 0.4) is 0 Å². The maximum absolute atomic E-state index is 12.4. The van der Waals surface area contributed by atoms with Gasteiger partial charge in [-0.15, -0.1) is 0 Å². The largest absolute Gasteiger partial charge is 0.508 e. The van der Waals surface area contributed by atoms with Crippen molar-refractivity contribution in [3.63, 3.8) is 0 Å². The van der Waals surface area contributed by atoms with Gasteiger partial charge in [0.25, 0.3) is 5.91 Å². The first-order chi connectivity index (χ1) is 13.1. The Labute approximate surface area is 159 Å². The first-order valence-corrected chi connectivity index (χ1v) is 9.39. The molecule has 142 valence electrons. The van der Waals surface area contributed by atoms with E-state index in [9.17, 15) is 14.7 Å². The van der Waals surface area contributed by atoms with Crippen LogP contribution in [0, 0.1) is 0 Å². The maximum atomic E-state index is 12.4. The van der Waals surface area contributed by atoms with Gasteiger partial charge in [-0.3, -0.25) is 9.59 Å². The summed E-state index contributed by atoms with van der Waals surface area (Å²) in [7, 11) is 0. The van der Waals surface area contributed by atoms with Gasteiger partial charge in [-0.25, -0.2) is 0 Å². The number of ether oxygens (including phenoxy) is 1. The topological polar surface area (TPSA) is 66.8 Å². The van der Waals surface area contributed by atoms with Crippen LogP contribution in [-0.4, -0.2) is 41.4 Å². The summed E-state index contributed by atoms with van der Waals surface area (Å²) in [6, 6.07) is 14.2. The molecule has 5 nitrogen and oxygen atoms in total. The number of likely N-dealkylation sites (tertiary alicyclic amines) is 1. The zero-order chi connectivity index (χ0) is 19.2. The first-order valence-electron chi connectivity index (χ1n) is 9.39. The molecule has 1 fully saturated rings. The normalized spacial score (nSPS) is 14.8. The van der Waals surface area contributed by atoms with E-state index in [0.29, 0.717) is 36.7 Å². The number of carbonyl (C=O) groups is 2. The van der Waals surface area contributed by atoms with Crippen LogP contribution in [-0.2, 0) is 4.79 Å². The van der Waals surface area contributed by atoms with Gasteiger partial charge in [0, 0.05) is 25.1 Å². The molecule has 1 aliphatic rings. The van der Waals surface area contributed by atoms with E-state index in [-0.39, 0.29) is 24.0 Å². The molecular weight excluding hydrogens is 342 g/mol. The Morgan fingerprint density at radius 3 is 2.26 bits per heavy atom. The monoisotopic (exact) mass is 367 g/mol. The molecule has 1 saturated heterocycles. The molecule has 0 radical (unpaired) electrons. The predicted octanol–water partition coefficient (Wildman–Crippen LogP) is 3.77. The predicted molar refractivity (Wildman–Crippen MR) is 103 cm³/mol. The third-order valence-electron chi connectivity index (χ3n) is 5.07. The number of benzene rings is 2. The van der Waals surface area contributed by atoms with E-state index in [2.05, 4.69) is 0 Å². The third kappa shape index (κ3) is 4.88. The van der Waals surface area contributed by atoms with Crippen molar-refractivity contribution in [2.75, 3.05) is 19.7 Å². The second-order valence-electron chi connectivity index (χ2n) is 6.84. The van der Waals surface area contributed by atoms with E-state index in [0.717, 1.165) is 12.8 Å². The van der Waals surface area contributed by atoms with Gasteiger partial charge in [-0.2, -0.15) is 0 Å². The number of nitrogens with zero attached hydrogens (tertiary/aromatic N) is 1. The molecule has 0 unspecified atom stereocenters. The zero-order valence-corrected chi connectivity index (χ0v) is 15.6. The summed E-state index contributed by atoms with van der Waals surface area (Å²) in [6.07, 6.45) is 2.29. The third-order valence-corrected chi connectivity index (χ3v) is 5.07. The fraction of sp³-hybridized carbons (Fsp3) is 0.364. The molecule has 0 aliphatic carbocycles. The molecule has 0 aromatic heterocycles. The lowest BCUT2D eigenvalue weighted by atomic mass is 9.89. The SMILES string of the molecule is CCC(=O)c1ccc(OCC(=O)N2CCC(c3ccc(O)cc3)CC2)cc1. The Balaban J connectivity index is 1.47. The van der Waals surface area contributed by atoms with Gasteiger partial charge < -0.3 is 14.7 Å². The summed E-state index contributed by atoms with van der Waals surface area (Å²) in [5.41, 5.74) is 1.87. The molecular formula is C22H25NO4. The van der Waals surface area contributed by atoms with Gasteiger partial charge in [-0.05, 0) is 60.7 Å². The van der Waals surface area contributed by atoms with Crippen LogP contribution in [0.25, 0.3) is 0 Å². The fourth-order valence-electron chi connectivity index (χ4n) is 3.39. The molecule has 0 saturated carbocycles. The summed E-state index contributed by atoms with van der Waals surface area (Å²) in [4.78, 5) is 25.9. The van der Waals surface area contributed by atoms with Gasteiger partial charge in [-0.1, -0.05) is 19.1 Å². The molecule has 1 amide bonds. The summed E-state index contributed by atoms with van der Waals surface area (Å²) in [6.45, 7) is 3.25. The molecule has 1 N–H and O–H groups in total. The summed E-state index contributed by atoms with van der Waals surface area (Å²) in [5, 5.41) is 9.39. The number of Topliss-reactive ketones (excluding diaryl/α,β-unsaturated/α-hetero) is 1. The lowest BCUT2D eigenvalue weighted by Gasteiger charge is -2.32. The number of ketones is 1. The zero-order valence-electron chi connectivity index (χ0n) is 15.6. The van der Waals surface area contributed by atoms with Crippen molar-refractivity contribution in [1.29, 1.82) is 0 Å². The van der Waals surface area contributed by atoms with Crippen molar-refractivity contribution in [2.45, 2.75) is 32.1 Å². The van der Waals surface area contributed by atoms with E-state index < -0.39 is 0 Å². The van der Waals surface area contributed by atoms with Crippen molar-refractivity contribution in [1.82, 2.24) is 4.90 Å². The Morgan fingerprint density at radius 2 is 1.67 bits per heavy atom. The first kappa shape index (κ1) is 19.0. The number of phenols is 1. The highest BCUT2D eigenvalue weighted by Crippen LogP contribution is 2.29. The second-order valence-corrected chi connectivity index (χ2v) is 6.84. The second kappa shape index (κ2) is 8.71. The molecule has 2 aromatic carbocycles. The Bertz CT molecular complexity index is 775. The van der Waals surface area contributed by atoms with Crippen LogP contribution in [0.15, 0.2) is 48.5 Å². The number of aromatic hydroxyl groups is 1. The molecule has 3 rings (SSSR count). The number of hydrogen-bond acceptors (Lipinski definition) is 4. The number of rotatable bonds is 6. The Kier molecular flexibility index (Phi) is 6.12. The Morgan fingerprint density at radius 1 is 1.04 bits per heavy atom. The molecule has 1 aliphatic heterocycles. The average molecular weight is 367 g/mol. The maximum Gasteiger partial charge on any atom is 0.260 e. The highest BCUT2D eigenvalue weighted by Gasteiger charge is 2.24. The average Bonchev–Trinajstić information content (AvgIpc) is 2.72. The van der Waals surface area contributed by atoms with Gasteiger partial charge >= 0.3 is 0 Å². The number of amides is 1.